The van der Waals surface area contributed by atoms with Crippen LogP contribution in [0.1, 0.15) is 32.6 Å². The van der Waals surface area contributed by atoms with Gasteiger partial charge < -0.3 is 14.8 Å². The summed E-state index contributed by atoms with van der Waals surface area (Å²) in [6.45, 7) is 5.92. The van der Waals surface area contributed by atoms with E-state index in [1.807, 2.05) is 0 Å². The molecule has 0 aromatic carbocycles. The van der Waals surface area contributed by atoms with Gasteiger partial charge in [0.25, 0.3) is 0 Å². The molecular weight excluding hydrogens is 178 g/mol. The van der Waals surface area contributed by atoms with Gasteiger partial charge in [-0.1, -0.05) is 0 Å². The second-order valence-electron chi connectivity index (χ2n) is 4.70. The smallest absolute Gasteiger partial charge is 0.0779 e. The molecule has 0 aliphatic carbocycles. The first-order valence-corrected chi connectivity index (χ1v) is 5.74. The van der Waals surface area contributed by atoms with Crippen molar-refractivity contribution in [2.75, 3.05) is 26.4 Å². The molecule has 2 fully saturated rings. The largest absolute Gasteiger partial charge is 0.380 e. The molecule has 2 heterocycles. The fourth-order valence-corrected chi connectivity index (χ4v) is 2.24. The third-order valence-electron chi connectivity index (χ3n) is 3.23. The van der Waals surface area contributed by atoms with Crippen LogP contribution in [0.5, 0.6) is 0 Å². The van der Waals surface area contributed by atoms with Gasteiger partial charge >= 0.3 is 0 Å². The Morgan fingerprint density at radius 3 is 2.93 bits per heavy atom. The van der Waals surface area contributed by atoms with Gasteiger partial charge in [0.15, 0.2) is 0 Å². The molecule has 0 spiro atoms. The third-order valence-corrected chi connectivity index (χ3v) is 3.23. The van der Waals surface area contributed by atoms with Crippen LogP contribution >= 0.6 is 0 Å². The Morgan fingerprint density at radius 2 is 2.29 bits per heavy atom. The number of hydrogen-bond acceptors (Lipinski definition) is 3. The lowest BCUT2D eigenvalue weighted by atomic mass is 10.0. The third kappa shape index (κ3) is 2.69. The second-order valence-corrected chi connectivity index (χ2v) is 4.70. The van der Waals surface area contributed by atoms with Crippen LogP contribution in [0, 0.1) is 0 Å². The molecule has 3 heteroatoms. The quantitative estimate of drug-likeness (QED) is 0.743. The molecular formula is C11H21NO2. The van der Waals surface area contributed by atoms with Crippen LogP contribution in [-0.2, 0) is 9.47 Å². The van der Waals surface area contributed by atoms with Crippen molar-refractivity contribution in [2.24, 2.45) is 0 Å². The van der Waals surface area contributed by atoms with Gasteiger partial charge in [-0.05, 0) is 32.6 Å². The zero-order valence-electron chi connectivity index (χ0n) is 9.05. The van der Waals surface area contributed by atoms with Gasteiger partial charge in [0, 0.05) is 25.8 Å². The van der Waals surface area contributed by atoms with E-state index in [4.69, 9.17) is 9.47 Å². The summed E-state index contributed by atoms with van der Waals surface area (Å²) >= 11 is 0. The van der Waals surface area contributed by atoms with Crippen molar-refractivity contribution in [2.45, 2.75) is 44.2 Å². The lowest BCUT2D eigenvalue weighted by Gasteiger charge is -2.29. The minimum Gasteiger partial charge on any atom is -0.380 e. The number of nitrogens with one attached hydrogen (secondary N) is 1. The van der Waals surface area contributed by atoms with E-state index in [0.29, 0.717) is 6.04 Å². The van der Waals surface area contributed by atoms with Crippen LogP contribution < -0.4 is 5.32 Å². The van der Waals surface area contributed by atoms with E-state index in [2.05, 4.69) is 12.2 Å². The SMILES string of the molecule is CC1(CNC2CCCOC2)CCCO1. The Hall–Kier alpha value is -0.120. The van der Waals surface area contributed by atoms with Crippen LogP contribution in [0.4, 0.5) is 0 Å². The highest BCUT2D eigenvalue weighted by atomic mass is 16.5. The van der Waals surface area contributed by atoms with Crippen molar-refractivity contribution in [3.05, 3.63) is 0 Å². The summed E-state index contributed by atoms with van der Waals surface area (Å²) < 4.78 is 11.2. The summed E-state index contributed by atoms with van der Waals surface area (Å²) in [5.41, 5.74) is 0.0808. The summed E-state index contributed by atoms with van der Waals surface area (Å²) in [4.78, 5) is 0. The van der Waals surface area contributed by atoms with Crippen molar-refractivity contribution in [1.82, 2.24) is 5.32 Å². The molecule has 0 saturated carbocycles. The van der Waals surface area contributed by atoms with E-state index in [-0.39, 0.29) is 5.60 Å². The molecule has 0 aromatic rings. The molecule has 1 N–H and O–H groups in total. The number of ether oxygens (including phenoxy) is 2. The molecule has 0 amide bonds. The van der Waals surface area contributed by atoms with Gasteiger partial charge in [0.2, 0.25) is 0 Å². The lowest BCUT2D eigenvalue weighted by molar-refractivity contribution is 0.00922. The molecule has 82 valence electrons. The van der Waals surface area contributed by atoms with Crippen LogP contribution in [-0.4, -0.2) is 38.0 Å². The maximum atomic E-state index is 5.73. The molecule has 2 rings (SSSR count). The minimum absolute atomic E-state index is 0.0808. The first-order valence-electron chi connectivity index (χ1n) is 5.74. The predicted molar refractivity (Wildman–Crippen MR) is 55.4 cm³/mol. The fourth-order valence-electron chi connectivity index (χ4n) is 2.24. The van der Waals surface area contributed by atoms with Gasteiger partial charge in [-0.3, -0.25) is 0 Å². The molecule has 14 heavy (non-hydrogen) atoms. The number of hydrogen-bond donors (Lipinski definition) is 1. The van der Waals surface area contributed by atoms with E-state index in [9.17, 15) is 0 Å². The standard InChI is InChI=1S/C11H21NO2/c1-11(5-3-7-14-11)9-12-10-4-2-6-13-8-10/h10,12H,2-9H2,1H3. The van der Waals surface area contributed by atoms with E-state index >= 15 is 0 Å². The lowest BCUT2D eigenvalue weighted by Crippen LogP contribution is -2.45. The Bertz CT molecular complexity index is 172. The average Bonchev–Trinajstić information content (AvgIpc) is 2.65. The summed E-state index contributed by atoms with van der Waals surface area (Å²) in [6, 6.07) is 0.546. The van der Waals surface area contributed by atoms with Crippen molar-refractivity contribution < 1.29 is 9.47 Å². The van der Waals surface area contributed by atoms with E-state index in [0.717, 1.165) is 26.4 Å². The molecule has 2 saturated heterocycles. The van der Waals surface area contributed by atoms with Crippen LogP contribution in [0.25, 0.3) is 0 Å². The first kappa shape index (κ1) is 10.4. The molecule has 2 aliphatic rings. The zero-order chi connectivity index (χ0) is 9.86. The fraction of sp³-hybridized carbons (Fsp3) is 1.00. The molecule has 0 aromatic heterocycles. The van der Waals surface area contributed by atoms with Crippen molar-refractivity contribution >= 4 is 0 Å². The summed E-state index contributed by atoms with van der Waals surface area (Å²) in [5.74, 6) is 0. The maximum Gasteiger partial charge on any atom is 0.0779 e. The predicted octanol–water partition coefficient (Wildman–Crippen LogP) is 1.32. The van der Waals surface area contributed by atoms with E-state index < -0.39 is 0 Å². The molecule has 3 nitrogen and oxygen atoms in total. The average molecular weight is 199 g/mol. The highest BCUT2D eigenvalue weighted by Gasteiger charge is 2.30. The van der Waals surface area contributed by atoms with Gasteiger partial charge in [-0.25, -0.2) is 0 Å². The Balaban J connectivity index is 1.70. The first-order chi connectivity index (χ1) is 6.79. The normalized spacial score (nSPS) is 38.8. The molecule has 2 atom stereocenters. The number of rotatable bonds is 3. The van der Waals surface area contributed by atoms with Crippen LogP contribution in [0.3, 0.4) is 0 Å². The molecule has 0 bridgehead atoms. The van der Waals surface area contributed by atoms with Crippen molar-refractivity contribution in [3.63, 3.8) is 0 Å². The highest BCUT2D eigenvalue weighted by molar-refractivity contribution is 4.84. The van der Waals surface area contributed by atoms with Gasteiger partial charge in [-0.2, -0.15) is 0 Å². The maximum absolute atomic E-state index is 5.73. The van der Waals surface area contributed by atoms with Crippen LogP contribution in [0.2, 0.25) is 0 Å². The molecule has 2 aliphatic heterocycles. The topological polar surface area (TPSA) is 30.5 Å². The minimum atomic E-state index is 0.0808. The van der Waals surface area contributed by atoms with Gasteiger partial charge in [0.1, 0.15) is 0 Å². The van der Waals surface area contributed by atoms with Gasteiger partial charge in [0.05, 0.1) is 12.2 Å². The van der Waals surface area contributed by atoms with Crippen molar-refractivity contribution in [3.8, 4) is 0 Å². The van der Waals surface area contributed by atoms with Crippen LogP contribution in [0.15, 0.2) is 0 Å². The summed E-state index contributed by atoms with van der Waals surface area (Å²) in [7, 11) is 0. The monoisotopic (exact) mass is 199 g/mol. The van der Waals surface area contributed by atoms with Gasteiger partial charge in [-0.15, -0.1) is 0 Å². The van der Waals surface area contributed by atoms with E-state index in [1.165, 1.54) is 25.7 Å². The Morgan fingerprint density at radius 1 is 1.36 bits per heavy atom. The summed E-state index contributed by atoms with van der Waals surface area (Å²) in [6.07, 6.45) is 4.83. The summed E-state index contributed by atoms with van der Waals surface area (Å²) in [5, 5.41) is 3.55. The highest BCUT2D eigenvalue weighted by Crippen LogP contribution is 2.24. The Kier molecular flexibility index (Phi) is 3.42. The van der Waals surface area contributed by atoms with Crippen molar-refractivity contribution in [1.29, 1.82) is 0 Å². The zero-order valence-corrected chi connectivity index (χ0v) is 9.05. The Labute approximate surface area is 86.2 Å². The molecule has 0 radical (unpaired) electrons. The molecule has 2 unspecified atom stereocenters. The van der Waals surface area contributed by atoms with E-state index in [1.54, 1.807) is 0 Å². The second kappa shape index (κ2) is 4.60.